The molecular weight excluding hydrogens is 60.0 g/mol. The first-order valence-electron chi connectivity index (χ1n) is 0. The van der Waals surface area contributed by atoms with Crippen LogP contribution in [0.1, 0.15) is 7.43 Å². The Morgan fingerprint density at radius 2 is 0.500 bits per heavy atom. The zero-order chi connectivity index (χ0) is 0. The summed E-state index contributed by atoms with van der Waals surface area (Å²) >= 11 is 0. The Kier molecular flexibility index (Phi) is 395000. The van der Waals surface area contributed by atoms with Crippen molar-refractivity contribution in [2.45, 2.75) is 7.43 Å². The standard InChI is InChI=1S/CH4.3H2O/h1H4;3*1H2. The van der Waals surface area contributed by atoms with Crippen LogP contribution in [-0.4, -0.2) is 16.4 Å². The fourth-order valence-corrected chi connectivity index (χ4v) is 0. The molecule has 6 N–H and O–H groups in total. The molecule has 0 amide bonds. The van der Waals surface area contributed by atoms with Crippen molar-refractivity contribution in [3.63, 3.8) is 0 Å². The van der Waals surface area contributed by atoms with E-state index in [0.717, 1.165) is 0 Å². The van der Waals surface area contributed by atoms with Gasteiger partial charge in [-0.2, -0.15) is 0 Å². The normalized spacial score (nSPS) is 0. The van der Waals surface area contributed by atoms with Crippen LogP contribution in [0.2, 0.25) is 0 Å². The summed E-state index contributed by atoms with van der Waals surface area (Å²) in [6.45, 7) is 0. The molecule has 4 heavy (non-hydrogen) atoms. The lowest BCUT2D eigenvalue weighted by molar-refractivity contribution is 0.823. The van der Waals surface area contributed by atoms with Gasteiger partial charge >= 0.3 is 0 Å². The van der Waals surface area contributed by atoms with Gasteiger partial charge in [-0.1, -0.05) is 7.43 Å². The Hall–Kier alpha value is -0.120. The Balaban J connectivity index is 0. The number of rotatable bonds is 0. The predicted octanol–water partition coefficient (Wildman–Crippen LogP) is -1.84. The van der Waals surface area contributed by atoms with Crippen molar-refractivity contribution in [3.8, 4) is 0 Å². The lowest BCUT2D eigenvalue weighted by Gasteiger charge is -0.413. The molecule has 0 saturated carbocycles. The van der Waals surface area contributed by atoms with Gasteiger partial charge in [0.1, 0.15) is 0 Å². The first-order chi connectivity index (χ1) is 0. The van der Waals surface area contributed by atoms with Crippen molar-refractivity contribution in [2.24, 2.45) is 0 Å². The highest BCUT2D eigenvalue weighted by molar-refractivity contribution is 2.50. The van der Waals surface area contributed by atoms with Crippen LogP contribution < -0.4 is 0 Å². The summed E-state index contributed by atoms with van der Waals surface area (Å²) < 4.78 is 0. The second-order valence-corrected chi connectivity index (χ2v) is 0. The van der Waals surface area contributed by atoms with Crippen LogP contribution in [0.25, 0.3) is 0 Å². The molecule has 0 aliphatic rings. The average Bonchev–Trinajstić information content (AvgIpc) is 0. The van der Waals surface area contributed by atoms with Crippen LogP contribution in [-0.2, 0) is 0 Å². The van der Waals surface area contributed by atoms with E-state index in [0.29, 0.717) is 0 Å². The van der Waals surface area contributed by atoms with E-state index in [1.54, 1.807) is 0 Å². The molecular formula is CH10O3. The van der Waals surface area contributed by atoms with E-state index in [9.17, 15) is 0 Å². The highest BCUT2D eigenvalue weighted by Crippen LogP contribution is 0.144. The summed E-state index contributed by atoms with van der Waals surface area (Å²) in [6, 6.07) is 0. The average molecular weight is 70.1 g/mol. The molecule has 0 saturated heterocycles. The largest absolute Gasteiger partial charge is 0.412 e. The maximum absolute atomic E-state index is 0. The lowest BCUT2D eigenvalue weighted by atomic mass is 12.0. The fourth-order valence-electron chi connectivity index (χ4n) is 0. The van der Waals surface area contributed by atoms with E-state index in [1.165, 1.54) is 0 Å². The van der Waals surface area contributed by atoms with Gasteiger partial charge in [0.05, 0.1) is 0 Å². The summed E-state index contributed by atoms with van der Waals surface area (Å²) in [5, 5.41) is 0. The van der Waals surface area contributed by atoms with Crippen molar-refractivity contribution < 1.29 is 16.4 Å². The predicted molar refractivity (Wildman–Crippen MR) is 17.6 cm³/mol. The molecule has 32 valence electrons. The maximum atomic E-state index is 0. The van der Waals surface area contributed by atoms with E-state index in [4.69, 9.17) is 0 Å². The second-order valence-electron chi connectivity index (χ2n) is 0. The van der Waals surface area contributed by atoms with Crippen molar-refractivity contribution >= 4 is 0 Å². The van der Waals surface area contributed by atoms with Crippen molar-refractivity contribution in [1.29, 1.82) is 0 Å². The minimum atomic E-state index is 0. The summed E-state index contributed by atoms with van der Waals surface area (Å²) in [4.78, 5) is 0. The quantitative estimate of drug-likeness (QED) is 0.320. The van der Waals surface area contributed by atoms with Crippen LogP contribution >= 0.6 is 0 Å². The Bertz CT molecular complexity index is 3.25. The molecule has 3 nitrogen and oxygen atoms in total. The third-order valence-electron chi connectivity index (χ3n) is 0. The minimum Gasteiger partial charge on any atom is -0.412 e. The van der Waals surface area contributed by atoms with Crippen LogP contribution in [0.15, 0.2) is 0 Å². The Morgan fingerprint density at radius 1 is 0.500 bits per heavy atom. The molecule has 0 unspecified atom stereocenters. The van der Waals surface area contributed by atoms with Gasteiger partial charge in [0.15, 0.2) is 0 Å². The van der Waals surface area contributed by atoms with E-state index < -0.39 is 0 Å². The SMILES string of the molecule is C.O.O.O. The number of hydrogen-bond acceptors (Lipinski definition) is 0. The molecule has 0 fully saturated rings. The van der Waals surface area contributed by atoms with Gasteiger partial charge in [-0.05, 0) is 0 Å². The van der Waals surface area contributed by atoms with Crippen LogP contribution in [0.5, 0.6) is 0 Å². The summed E-state index contributed by atoms with van der Waals surface area (Å²) in [5.41, 5.74) is 0. The van der Waals surface area contributed by atoms with Crippen molar-refractivity contribution in [1.82, 2.24) is 0 Å². The molecule has 0 aliphatic carbocycles. The van der Waals surface area contributed by atoms with Crippen LogP contribution in [0.3, 0.4) is 0 Å². The highest BCUT2D eigenvalue weighted by atomic mass is 16.0. The van der Waals surface area contributed by atoms with Crippen molar-refractivity contribution in [3.05, 3.63) is 0 Å². The summed E-state index contributed by atoms with van der Waals surface area (Å²) in [7, 11) is 0. The molecule has 0 bridgehead atoms. The summed E-state index contributed by atoms with van der Waals surface area (Å²) in [6.07, 6.45) is 0. The molecule has 0 aromatic rings. The van der Waals surface area contributed by atoms with Gasteiger partial charge < -0.3 is 16.4 Å². The monoisotopic (exact) mass is 70.1 g/mol. The highest BCUT2D eigenvalue weighted by Gasteiger charge is -0.0775. The lowest BCUT2D eigenvalue weighted by Crippen LogP contribution is -0.290. The first kappa shape index (κ1) is 2230. The van der Waals surface area contributed by atoms with Gasteiger partial charge in [-0.3, -0.25) is 0 Å². The van der Waals surface area contributed by atoms with Gasteiger partial charge in [0.2, 0.25) is 0 Å². The molecule has 0 spiro atoms. The minimum absolute atomic E-state index is 0. The van der Waals surface area contributed by atoms with Gasteiger partial charge in [0.25, 0.3) is 0 Å². The van der Waals surface area contributed by atoms with Gasteiger partial charge in [0, 0.05) is 0 Å². The molecule has 0 aliphatic heterocycles. The molecule has 0 radical (unpaired) electrons. The molecule has 0 heterocycles. The fraction of sp³-hybridized carbons (Fsp3) is 1.00. The van der Waals surface area contributed by atoms with Crippen molar-refractivity contribution in [2.75, 3.05) is 0 Å². The molecule has 0 aromatic carbocycles. The van der Waals surface area contributed by atoms with Crippen LogP contribution in [0.4, 0.5) is 0 Å². The first-order valence-corrected chi connectivity index (χ1v) is 0. The zero-order valence-corrected chi connectivity index (χ0v) is 1.50. The number of hydrogen-bond donors (Lipinski definition) is 0. The maximum Gasteiger partial charge on any atom is -0.0776 e. The van der Waals surface area contributed by atoms with E-state index in [2.05, 4.69) is 0 Å². The summed E-state index contributed by atoms with van der Waals surface area (Å²) in [5.74, 6) is 0. The Labute approximate surface area is 25.2 Å². The van der Waals surface area contributed by atoms with Gasteiger partial charge in [-0.25, -0.2) is 0 Å². The topological polar surface area (TPSA) is 94.5 Å². The van der Waals surface area contributed by atoms with E-state index in [-0.39, 0.29) is 23.9 Å². The van der Waals surface area contributed by atoms with Crippen LogP contribution in [0, 0.1) is 0 Å². The third-order valence-corrected chi connectivity index (χ3v) is 0. The van der Waals surface area contributed by atoms with E-state index in [1.807, 2.05) is 0 Å². The molecule has 0 atom stereocenters. The molecule has 0 aromatic heterocycles. The zero-order valence-electron chi connectivity index (χ0n) is 1.50. The second kappa shape index (κ2) is 707. The third kappa shape index (κ3) is 101. The molecule has 3 heteroatoms. The van der Waals surface area contributed by atoms with E-state index >= 15 is 0 Å². The smallest absolute Gasteiger partial charge is 0.0776 e. The Morgan fingerprint density at radius 3 is 0.500 bits per heavy atom. The van der Waals surface area contributed by atoms with Gasteiger partial charge in [-0.15, -0.1) is 0 Å². The molecule has 0 rings (SSSR count).